The molecule has 30 heavy (non-hydrogen) atoms. The van der Waals surface area contributed by atoms with E-state index >= 15 is 0 Å². The fourth-order valence-electron chi connectivity index (χ4n) is 3.32. The molecule has 1 aliphatic heterocycles. The average Bonchev–Trinajstić information content (AvgIpc) is 3.15. The van der Waals surface area contributed by atoms with Gasteiger partial charge in [0.2, 0.25) is 0 Å². The van der Waals surface area contributed by atoms with Gasteiger partial charge in [0.05, 0.1) is 18.8 Å². The summed E-state index contributed by atoms with van der Waals surface area (Å²) < 4.78 is 16.0. The van der Waals surface area contributed by atoms with Crippen molar-refractivity contribution in [1.29, 1.82) is 0 Å². The number of ether oxygens (including phenoxy) is 3. The SMILES string of the molecule is CCOC(=O)c1nc(N2CC[C@@H](NC(=O)OCc3ccccc3)[C@@H](OC)C2)sc1C. The topological polar surface area (TPSA) is 90.0 Å². The molecule has 2 heterocycles. The van der Waals surface area contributed by atoms with E-state index < -0.39 is 12.1 Å². The smallest absolute Gasteiger partial charge is 0.407 e. The summed E-state index contributed by atoms with van der Waals surface area (Å²) in [5, 5.41) is 3.66. The second-order valence-corrected chi connectivity index (χ2v) is 8.12. The van der Waals surface area contributed by atoms with Gasteiger partial charge >= 0.3 is 12.1 Å². The van der Waals surface area contributed by atoms with E-state index in [2.05, 4.69) is 15.2 Å². The lowest BCUT2D eigenvalue weighted by molar-refractivity contribution is 0.0517. The zero-order chi connectivity index (χ0) is 21.5. The van der Waals surface area contributed by atoms with E-state index in [1.807, 2.05) is 37.3 Å². The summed E-state index contributed by atoms with van der Waals surface area (Å²) in [5.74, 6) is -0.404. The molecule has 0 spiro atoms. The fraction of sp³-hybridized carbons (Fsp3) is 0.476. The van der Waals surface area contributed by atoms with Crippen molar-refractivity contribution in [2.75, 3.05) is 31.7 Å². The normalized spacial score (nSPS) is 18.7. The molecule has 0 radical (unpaired) electrons. The molecule has 9 heteroatoms. The number of anilines is 1. The van der Waals surface area contributed by atoms with Crippen LogP contribution < -0.4 is 10.2 Å². The van der Waals surface area contributed by atoms with Crippen LogP contribution in [-0.2, 0) is 20.8 Å². The zero-order valence-corrected chi connectivity index (χ0v) is 18.2. The van der Waals surface area contributed by atoms with Gasteiger partial charge in [-0.2, -0.15) is 0 Å². The summed E-state index contributed by atoms with van der Waals surface area (Å²) in [4.78, 5) is 31.6. The van der Waals surface area contributed by atoms with Crippen LogP contribution in [-0.4, -0.2) is 56.0 Å². The van der Waals surface area contributed by atoms with Crippen LogP contribution in [0.3, 0.4) is 0 Å². The molecule has 3 rings (SSSR count). The zero-order valence-electron chi connectivity index (χ0n) is 17.4. The second kappa shape index (κ2) is 10.4. The van der Waals surface area contributed by atoms with Crippen LogP contribution in [0.15, 0.2) is 30.3 Å². The Balaban J connectivity index is 1.56. The van der Waals surface area contributed by atoms with Gasteiger partial charge in [-0.25, -0.2) is 14.6 Å². The predicted octanol–water partition coefficient (Wildman–Crippen LogP) is 3.15. The van der Waals surface area contributed by atoms with Gasteiger partial charge in [-0.3, -0.25) is 0 Å². The maximum Gasteiger partial charge on any atom is 0.407 e. The summed E-state index contributed by atoms with van der Waals surface area (Å²) in [6.07, 6.45) is -0.0147. The number of esters is 1. The van der Waals surface area contributed by atoms with Crippen LogP contribution in [0.4, 0.5) is 9.93 Å². The summed E-state index contributed by atoms with van der Waals surface area (Å²) in [7, 11) is 1.62. The van der Waals surface area contributed by atoms with Gasteiger partial charge < -0.3 is 24.4 Å². The summed E-state index contributed by atoms with van der Waals surface area (Å²) in [6, 6.07) is 9.37. The van der Waals surface area contributed by atoms with Crippen molar-refractivity contribution in [3.8, 4) is 0 Å². The molecule has 8 nitrogen and oxygen atoms in total. The number of methoxy groups -OCH3 is 1. The Kier molecular flexibility index (Phi) is 7.64. The number of aromatic nitrogens is 1. The summed E-state index contributed by atoms with van der Waals surface area (Å²) in [6.45, 7) is 5.39. The largest absolute Gasteiger partial charge is 0.461 e. The molecule has 0 aliphatic carbocycles. The highest BCUT2D eigenvalue weighted by molar-refractivity contribution is 7.15. The van der Waals surface area contributed by atoms with Crippen molar-refractivity contribution < 1.29 is 23.8 Å². The van der Waals surface area contributed by atoms with Gasteiger partial charge in [0.1, 0.15) is 6.61 Å². The van der Waals surface area contributed by atoms with E-state index in [4.69, 9.17) is 14.2 Å². The van der Waals surface area contributed by atoms with Gasteiger partial charge in [0.15, 0.2) is 10.8 Å². The van der Waals surface area contributed by atoms with Crippen LogP contribution >= 0.6 is 11.3 Å². The number of nitrogens with one attached hydrogen (secondary N) is 1. The van der Waals surface area contributed by atoms with Gasteiger partial charge in [-0.1, -0.05) is 30.3 Å². The first-order valence-electron chi connectivity index (χ1n) is 9.91. The Hall–Kier alpha value is -2.65. The monoisotopic (exact) mass is 433 g/mol. The average molecular weight is 434 g/mol. The third-order valence-electron chi connectivity index (χ3n) is 4.90. The van der Waals surface area contributed by atoms with E-state index in [0.717, 1.165) is 15.6 Å². The van der Waals surface area contributed by atoms with Crippen molar-refractivity contribution >= 4 is 28.5 Å². The Bertz CT molecular complexity index is 858. The van der Waals surface area contributed by atoms with Crippen molar-refractivity contribution in [3.63, 3.8) is 0 Å². The maximum absolute atomic E-state index is 12.2. The Labute approximate surface area is 180 Å². The van der Waals surface area contributed by atoms with E-state index in [0.29, 0.717) is 31.8 Å². The lowest BCUT2D eigenvalue weighted by Crippen LogP contribution is -2.55. The number of carbonyl (C=O) groups is 2. The second-order valence-electron chi connectivity index (χ2n) is 6.94. The molecule has 0 unspecified atom stereocenters. The van der Waals surface area contributed by atoms with Crippen molar-refractivity contribution in [3.05, 3.63) is 46.5 Å². The standard InChI is InChI=1S/C21H27N3O5S/c1-4-28-19(25)18-14(2)30-20(23-18)24-11-10-16(17(12-24)27-3)22-21(26)29-13-15-8-6-5-7-9-15/h5-9,16-17H,4,10-13H2,1-3H3,(H,22,26)/t16-,17+/m1/s1. The first-order chi connectivity index (χ1) is 14.5. The van der Waals surface area contributed by atoms with Gasteiger partial charge in [-0.15, -0.1) is 11.3 Å². The lowest BCUT2D eigenvalue weighted by Gasteiger charge is -2.37. The highest BCUT2D eigenvalue weighted by atomic mass is 32.1. The van der Waals surface area contributed by atoms with Crippen molar-refractivity contribution in [1.82, 2.24) is 10.3 Å². The van der Waals surface area contributed by atoms with Crippen LogP contribution in [0.1, 0.15) is 34.3 Å². The van der Waals surface area contributed by atoms with Crippen LogP contribution in [0, 0.1) is 6.92 Å². The predicted molar refractivity (Wildman–Crippen MR) is 114 cm³/mol. The highest BCUT2D eigenvalue weighted by Gasteiger charge is 2.32. The van der Waals surface area contributed by atoms with E-state index in [9.17, 15) is 9.59 Å². The molecule has 0 saturated carbocycles. The molecule has 1 saturated heterocycles. The molecule has 1 aromatic carbocycles. The first kappa shape index (κ1) is 22.0. The van der Waals surface area contributed by atoms with Gasteiger partial charge in [0, 0.05) is 25.1 Å². The summed E-state index contributed by atoms with van der Waals surface area (Å²) in [5.41, 5.74) is 1.29. The van der Waals surface area contributed by atoms with Crippen LogP contribution in [0.5, 0.6) is 0 Å². The number of benzene rings is 1. The van der Waals surface area contributed by atoms with Gasteiger partial charge in [0.25, 0.3) is 0 Å². The molecule has 2 atom stereocenters. The number of hydrogen-bond donors (Lipinski definition) is 1. The quantitative estimate of drug-likeness (QED) is 0.671. The molecule has 1 fully saturated rings. The third kappa shape index (κ3) is 5.48. The number of aryl methyl sites for hydroxylation is 1. The molecular formula is C21H27N3O5S. The number of amides is 1. The molecule has 1 N–H and O–H groups in total. The van der Waals surface area contributed by atoms with E-state index in [1.54, 1.807) is 14.0 Å². The lowest BCUT2D eigenvalue weighted by atomic mass is 10.0. The summed E-state index contributed by atoms with van der Waals surface area (Å²) >= 11 is 1.45. The number of hydrogen-bond acceptors (Lipinski definition) is 8. The molecule has 1 amide bonds. The minimum Gasteiger partial charge on any atom is -0.461 e. The van der Waals surface area contributed by atoms with E-state index in [1.165, 1.54) is 11.3 Å². The minimum atomic E-state index is -0.464. The minimum absolute atomic E-state index is 0.167. The first-order valence-corrected chi connectivity index (χ1v) is 10.7. The molecule has 162 valence electrons. The molecule has 2 aromatic rings. The maximum atomic E-state index is 12.2. The Morgan fingerprint density at radius 2 is 2.03 bits per heavy atom. The fourth-order valence-corrected chi connectivity index (χ4v) is 4.25. The molecule has 0 bridgehead atoms. The molecule has 1 aromatic heterocycles. The number of carbonyl (C=O) groups excluding carboxylic acids is 2. The molecular weight excluding hydrogens is 406 g/mol. The number of rotatable bonds is 7. The van der Waals surface area contributed by atoms with Crippen molar-refractivity contribution in [2.45, 2.75) is 39.0 Å². The Morgan fingerprint density at radius 1 is 1.27 bits per heavy atom. The third-order valence-corrected chi connectivity index (χ3v) is 5.93. The van der Waals surface area contributed by atoms with Crippen LogP contribution in [0.2, 0.25) is 0 Å². The van der Waals surface area contributed by atoms with Crippen molar-refractivity contribution in [2.24, 2.45) is 0 Å². The number of piperidine rings is 1. The number of nitrogens with zero attached hydrogens (tertiary/aromatic N) is 2. The highest BCUT2D eigenvalue weighted by Crippen LogP contribution is 2.29. The number of alkyl carbamates (subject to hydrolysis) is 1. The molecule has 1 aliphatic rings. The van der Waals surface area contributed by atoms with Gasteiger partial charge in [-0.05, 0) is 25.8 Å². The Morgan fingerprint density at radius 3 is 2.73 bits per heavy atom. The number of thiazole rings is 1. The van der Waals surface area contributed by atoms with E-state index in [-0.39, 0.29) is 18.8 Å². The van der Waals surface area contributed by atoms with Crippen LogP contribution in [0.25, 0.3) is 0 Å².